The van der Waals surface area contributed by atoms with Gasteiger partial charge in [-0.1, -0.05) is 29.8 Å². The molecule has 2 aliphatic heterocycles. The van der Waals surface area contributed by atoms with E-state index in [9.17, 15) is 19.3 Å². The zero-order valence-electron chi connectivity index (χ0n) is 19.5. The largest absolute Gasteiger partial charge is 0.368 e. The number of amides is 1. The normalized spacial score (nSPS) is 19.0. The van der Waals surface area contributed by atoms with Crippen LogP contribution in [0.2, 0.25) is 0 Å². The van der Waals surface area contributed by atoms with Crippen LogP contribution in [0.25, 0.3) is 0 Å². The third kappa shape index (κ3) is 4.69. The van der Waals surface area contributed by atoms with Gasteiger partial charge < -0.3 is 15.1 Å². The first-order chi connectivity index (χ1) is 16.9. The fourth-order valence-corrected chi connectivity index (χ4v) is 5.14. The monoisotopic (exact) mass is 474 g/mol. The van der Waals surface area contributed by atoms with Gasteiger partial charge in [0, 0.05) is 49.7 Å². The van der Waals surface area contributed by atoms with E-state index in [0.717, 1.165) is 29.0 Å². The van der Waals surface area contributed by atoms with E-state index >= 15 is 0 Å². The highest BCUT2D eigenvalue weighted by Gasteiger charge is 2.42. The maximum Gasteiger partial charge on any atom is 0.269 e. The quantitative estimate of drug-likeness (QED) is 0.442. The molecule has 2 atom stereocenters. The van der Waals surface area contributed by atoms with E-state index in [1.165, 1.54) is 23.8 Å². The lowest BCUT2D eigenvalue weighted by Crippen LogP contribution is -2.61. The van der Waals surface area contributed by atoms with Crippen LogP contribution in [0.15, 0.2) is 66.7 Å². The van der Waals surface area contributed by atoms with Crippen molar-refractivity contribution in [3.63, 3.8) is 0 Å². The smallest absolute Gasteiger partial charge is 0.269 e. The summed E-state index contributed by atoms with van der Waals surface area (Å²) in [6.45, 7) is 4.53. The highest BCUT2D eigenvalue weighted by Crippen LogP contribution is 2.38. The molecule has 0 saturated carbocycles. The number of benzene rings is 3. The van der Waals surface area contributed by atoms with E-state index in [4.69, 9.17) is 0 Å². The van der Waals surface area contributed by atoms with Crippen LogP contribution in [-0.2, 0) is 17.8 Å². The Morgan fingerprint density at radius 2 is 1.83 bits per heavy atom. The van der Waals surface area contributed by atoms with E-state index < -0.39 is 4.92 Å². The van der Waals surface area contributed by atoms with Gasteiger partial charge in [0.25, 0.3) is 5.69 Å². The number of anilines is 2. The number of halogens is 1. The molecule has 1 N–H and O–H groups in total. The van der Waals surface area contributed by atoms with Crippen molar-refractivity contribution in [2.75, 3.05) is 29.4 Å². The molecule has 180 valence electrons. The van der Waals surface area contributed by atoms with E-state index in [1.54, 1.807) is 18.2 Å². The maximum absolute atomic E-state index is 13.4. The molecule has 3 aromatic rings. The Hall–Kier alpha value is -3.94. The first kappa shape index (κ1) is 22.8. The van der Waals surface area contributed by atoms with Crippen LogP contribution < -0.4 is 15.1 Å². The predicted molar refractivity (Wildman–Crippen MR) is 133 cm³/mol. The van der Waals surface area contributed by atoms with Crippen LogP contribution in [-0.4, -0.2) is 36.5 Å². The summed E-state index contributed by atoms with van der Waals surface area (Å²) in [4.78, 5) is 29.0. The standard InChI is InChI=1S/C27H27FN4O3/c1-18-2-8-22(9-3-18)30-12-13-31-25-11-10-23(32(34)35)14-20(25)15-24(26(31)17-30)27(33)29-16-19-4-6-21(28)7-5-19/h2-11,14,24,26H,12-13,15-17H2,1H3,(H,29,33)/t24-,26-/m0/s1. The van der Waals surface area contributed by atoms with Crippen LogP contribution >= 0.6 is 0 Å². The van der Waals surface area contributed by atoms with Crippen LogP contribution in [0, 0.1) is 28.8 Å². The molecule has 1 fully saturated rings. The highest BCUT2D eigenvalue weighted by molar-refractivity contribution is 5.82. The Balaban J connectivity index is 1.42. The Morgan fingerprint density at radius 3 is 2.54 bits per heavy atom. The van der Waals surface area contributed by atoms with Crippen molar-refractivity contribution in [1.82, 2.24) is 5.32 Å². The summed E-state index contributed by atoms with van der Waals surface area (Å²) < 4.78 is 13.2. The molecule has 2 aliphatic rings. The minimum Gasteiger partial charge on any atom is -0.368 e. The third-order valence-corrected chi connectivity index (χ3v) is 7.02. The lowest BCUT2D eigenvalue weighted by molar-refractivity contribution is -0.384. The molecular weight excluding hydrogens is 447 g/mol. The fourth-order valence-electron chi connectivity index (χ4n) is 5.14. The van der Waals surface area contributed by atoms with Gasteiger partial charge in [-0.15, -0.1) is 0 Å². The number of hydrogen-bond acceptors (Lipinski definition) is 5. The molecule has 0 aliphatic carbocycles. The zero-order valence-corrected chi connectivity index (χ0v) is 19.5. The number of non-ortho nitro benzene ring substituents is 1. The molecule has 2 heterocycles. The number of fused-ring (bicyclic) bond motifs is 3. The third-order valence-electron chi connectivity index (χ3n) is 7.02. The molecular formula is C27H27FN4O3. The zero-order chi connectivity index (χ0) is 24.5. The summed E-state index contributed by atoms with van der Waals surface area (Å²) in [5.41, 5.74) is 4.95. The summed E-state index contributed by atoms with van der Waals surface area (Å²) in [7, 11) is 0. The number of hydrogen-bond donors (Lipinski definition) is 1. The van der Waals surface area contributed by atoms with Crippen molar-refractivity contribution in [2.24, 2.45) is 5.92 Å². The van der Waals surface area contributed by atoms with Crippen molar-refractivity contribution < 1.29 is 14.1 Å². The molecule has 0 bridgehead atoms. The summed E-state index contributed by atoms with van der Waals surface area (Å²) in [5, 5.41) is 14.4. The maximum atomic E-state index is 13.4. The van der Waals surface area contributed by atoms with Crippen LogP contribution in [0.1, 0.15) is 16.7 Å². The Labute approximate surface area is 203 Å². The van der Waals surface area contributed by atoms with E-state index in [2.05, 4.69) is 46.3 Å². The van der Waals surface area contributed by atoms with Crippen LogP contribution in [0.4, 0.5) is 21.5 Å². The van der Waals surface area contributed by atoms with Crippen molar-refractivity contribution in [1.29, 1.82) is 0 Å². The molecule has 7 nitrogen and oxygen atoms in total. The number of piperazine rings is 1. The van der Waals surface area contributed by atoms with Gasteiger partial charge in [-0.05, 0) is 54.8 Å². The molecule has 0 unspecified atom stereocenters. The average molecular weight is 475 g/mol. The Morgan fingerprint density at radius 1 is 1.09 bits per heavy atom. The van der Waals surface area contributed by atoms with Crippen molar-refractivity contribution in [3.8, 4) is 0 Å². The van der Waals surface area contributed by atoms with Crippen LogP contribution in [0.3, 0.4) is 0 Å². The van der Waals surface area contributed by atoms with E-state index in [-0.39, 0.29) is 29.4 Å². The van der Waals surface area contributed by atoms with Crippen molar-refractivity contribution in [3.05, 3.63) is 99.4 Å². The number of carbonyl (C=O) groups excluding carboxylic acids is 1. The van der Waals surface area contributed by atoms with Gasteiger partial charge in [0.15, 0.2) is 0 Å². The summed E-state index contributed by atoms with van der Waals surface area (Å²) >= 11 is 0. The number of aryl methyl sites for hydroxylation is 1. The number of rotatable bonds is 5. The highest BCUT2D eigenvalue weighted by atomic mass is 19.1. The molecule has 1 saturated heterocycles. The molecule has 0 radical (unpaired) electrons. The lowest BCUT2D eigenvalue weighted by atomic mass is 9.83. The van der Waals surface area contributed by atoms with Gasteiger partial charge in [-0.25, -0.2) is 4.39 Å². The minimum absolute atomic E-state index is 0.0333. The van der Waals surface area contributed by atoms with E-state index in [0.29, 0.717) is 26.1 Å². The Bertz CT molecular complexity index is 1250. The molecule has 8 heteroatoms. The SMILES string of the molecule is Cc1ccc(N2CCN3c4ccc([N+](=O)[O-])cc4C[C@H](C(=O)NCc4ccc(F)cc4)[C@@H]3C2)cc1. The number of nitro benzene ring substituents is 1. The molecule has 35 heavy (non-hydrogen) atoms. The first-order valence-electron chi connectivity index (χ1n) is 11.8. The predicted octanol–water partition coefficient (Wildman–Crippen LogP) is 4.23. The lowest BCUT2D eigenvalue weighted by Gasteiger charge is -2.49. The average Bonchev–Trinajstić information content (AvgIpc) is 2.87. The van der Waals surface area contributed by atoms with Gasteiger partial charge >= 0.3 is 0 Å². The van der Waals surface area contributed by atoms with Crippen molar-refractivity contribution >= 4 is 23.0 Å². The molecule has 0 spiro atoms. The minimum atomic E-state index is -0.398. The van der Waals surface area contributed by atoms with Gasteiger partial charge in [0.1, 0.15) is 5.82 Å². The van der Waals surface area contributed by atoms with Gasteiger partial charge in [-0.3, -0.25) is 14.9 Å². The number of nitro groups is 1. The number of nitrogens with one attached hydrogen (secondary N) is 1. The van der Waals surface area contributed by atoms with Gasteiger partial charge in [0.05, 0.1) is 16.9 Å². The number of nitrogens with zero attached hydrogens (tertiary/aromatic N) is 3. The second-order valence-corrected chi connectivity index (χ2v) is 9.27. The summed E-state index contributed by atoms with van der Waals surface area (Å²) in [6, 6.07) is 19.3. The topological polar surface area (TPSA) is 78.7 Å². The fraction of sp³-hybridized carbons (Fsp3) is 0.296. The summed E-state index contributed by atoms with van der Waals surface area (Å²) in [5.74, 6) is -0.801. The second kappa shape index (κ2) is 9.37. The van der Waals surface area contributed by atoms with Crippen molar-refractivity contribution in [2.45, 2.75) is 25.9 Å². The number of carbonyl (C=O) groups is 1. The van der Waals surface area contributed by atoms with Crippen LogP contribution in [0.5, 0.6) is 0 Å². The summed E-state index contributed by atoms with van der Waals surface area (Å²) in [6.07, 6.45) is 0.426. The first-order valence-corrected chi connectivity index (χ1v) is 11.8. The van der Waals surface area contributed by atoms with Gasteiger partial charge in [0.2, 0.25) is 5.91 Å². The molecule has 3 aromatic carbocycles. The van der Waals surface area contributed by atoms with Gasteiger partial charge in [-0.2, -0.15) is 0 Å². The molecule has 0 aromatic heterocycles. The molecule has 1 amide bonds. The molecule has 5 rings (SSSR count). The second-order valence-electron chi connectivity index (χ2n) is 9.27. The Kier molecular flexibility index (Phi) is 6.11. The van der Waals surface area contributed by atoms with E-state index in [1.807, 2.05) is 6.07 Å².